The minimum Gasteiger partial charge on any atom is -0.159 e. The fraction of sp³-hybridized carbons (Fsp3) is 0.429. The van der Waals surface area contributed by atoms with Crippen molar-refractivity contribution in [1.82, 2.24) is 15.3 Å². The van der Waals surface area contributed by atoms with E-state index in [0.29, 0.717) is 5.92 Å². The van der Waals surface area contributed by atoms with Gasteiger partial charge in [-0.05, 0) is 28.7 Å². The minimum atomic E-state index is -0.302. The van der Waals surface area contributed by atoms with Gasteiger partial charge in [0.1, 0.15) is 5.69 Å². The number of aromatic nitrogens is 4. The third kappa shape index (κ3) is 2.37. The van der Waals surface area contributed by atoms with Crippen molar-refractivity contribution in [3.8, 4) is 0 Å². The minimum absolute atomic E-state index is 0.302. The van der Waals surface area contributed by atoms with E-state index in [0.717, 1.165) is 5.69 Å². The first-order chi connectivity index (χ1) is 8.51. The molecular formula is C14H19N4+. The summed E-state index contributed by atoms with van der Waals surface area (Å²) in [6.45, 7) is 8.49. The summed E-state index contributed by atoms with van der Waals surface area (Å²) in [7, 11) is 0. The van der Waals surface area contributed by atoms with Crippen LogP contribution in [0.25, 0.3) is 0 Å². The Morgan fingerprint density at radius 3 is 2.50 bits per heavy atom. The summed E-state index contributed by atoms with van der Waals surface area (Å²) in [6, 6.07) is 5.97. The number of nitrogens with zero attached hydrogens (tertiary/aromatic N) is 4. The number of hydrogen-bond donors (Lipinski definition) is 0. The molecular weight excluding hydrogens is 224 g/mol. The monoisotopic (exact) mass is 243 g/mol. The largest absolute Gasteiger partial charge is 0.231 e. The summed E-state index contributed by atoms with van der Waals surface area (Å²) in [5.41, 5.74) is 1.84. The lowest BCUT2D eigenvalue weighted by atomic mass is 10.0. The van der Waals surface area contributed by atoms with E-state index in [9.17, 15) is 0 Å². The van der Waals surface area contributed by atoms with Gasteiger partial charge in [-0.2, -0.15) is 5.10 Å². The first-order valence-electron chi connectivity index (χ1n) is 6.18. The molecule has 0 spiro atoms. The van der Waals surface area contributed by atoms with Gasteiger partial charge in [-0.25, -0.2) is 0 Å². The van der Waals surface area contributed by atoms with Crippen molar-refractivity contribution in [2.24, 2.45) is 0 Å². The molecule has 0 aromatic carbocycles. The Labute approximate surface area is 108 Å². The predicted molar refractivity (Wildman–Crippen MR) is 69.0 cm³/mol. The third-order valence-corrected chi connectivity index (χ3v) is 3.18. The molecule has 4 heteroatoms. The summed E-state index contributed by atoms with van der Waals surface area (Å²) >= 11 is 0. The first-order valence-corrected chi connectivity index (χ1v) is 6.18. The van der Waals surface area contributed by atoms with E-state index in [1.165, 1.54) is 5.56 Å². The van der Waals surface area contributed by atoms with E-state index in [1.807, 2.05) is 29.2 Å². The van der Waals surface area contributed by atoms with Gasteiger partial charge in [0.25, 0.3) is 0 Å². The fourth-order valence-electron chi connectivity index (χ4n) is 1.78. The zero-order chi connectivity index (χ0) is 13.2. The molecule has 0 aliphatic rings. The molecule has 0 saturated heterocycles. The maximum atomic E-state index is 4.50. The first kappa shape index (κ1) is 12.6. The zero-order valence-electron chi connectivity index (χ0n) is 11.3. The molecule has 0 radical (unpaired) electrons. The highest BCUT2D eigenvalue weighted by Crippen LogP contribution is 2.16. The van der Waals surface area contributed by atoms with Crippen LogP contribution in [0.1, 0.15) is 44.9 Å². The Morgan fingerprint density at radius 1 is 1.22 bits per heavy atom. The van der Waals surface area contributed by atoms with Gasteiger partial charge in [-0.15, -0.1) is 5.10 Å². The van der Waals surface area contributed by atoms with Crippen LogP contribution in [0, 0.1) is 0 Å². The quantitative estimate of drug-likeness (QED) is 0.775. The van der Waals surface area contributed by atoms with E-state index >= 15 is 0 Å². The van der Waals surface area contributed by atoms with E-state index in [-0.39, 0.29) is 5.54 Å². The van der Waals surface area contributed by atoms with Crippen molar-refractivity contribution in [3.63, 3.8) is 0 Å². The van der Waals surface area contributed by atoms with Gasteiger partial charge in [0.05, 0.1) is 6.20 Å². The van der Waals surface area contributed by atoms with Crippen LogP contribution in [0.5, 0.6) is 0 Å². The van der Waals surface area contributed by atoms with Crippen molar-refractivity contribution < 1.29 is 4.68 Å². The highest BCUT2D eigenvalue weighted by atomic mass is 15.3. The molecule has 2 aromatic heterocycles. The molecule has 0 bridgehead atoms. The molecule has 0 aliphatic heterocycles. The predicted octanol–water partition coefficient (Wildman–Crippen LogP) is 2.07. The van der Waals surface area contributed by atoms with Crippen molar-refractivity contribution in [2.45, 2.75) is 39.2 Å². The van der Waals surface area contributed by atoms with Crippen LogP contribution in [-0.4, -0.2) is 15.3 Å². The maximum Gasteiger partial charge on any atom is 0.231 e. The number of rotatable bonds is 3. The maximum absolute atomic E-state index is 4.50. The van der Waals surface area contributed by atoms with E-state index in [4.69, 9.17) is 0 Å². The zero-order valence-corrected chi connectivity index (χ0v) is 11.3. The van der Waals surface area contributed by atoms with Gasteiger partial charge in [0.2, 0.25) is 5.54 Å². The third-order valence-electron chi connectivity index (χ3n) is 3.18. The van der Waals surface area contributed by atoms with Crippen LogP contribution < -0.4 is 4.68 Å². The standard InChI is InChI=1S/C14H19N4/c1-11(2)12-7-9-18(16-10-12)14(3,4)13-6-5-8-15-17-13/h5-11H,1-4H3/q+1. The van der Waals surface area contributed by atoms with Crippen LogP contribution in [0.15, 0.2) is 36.8 Å². The van der Waals surface area contributed by atoms with Gasteiger partial charge in [0.15, 0.2) is 6.20 Å². The summed E-state index contributed by atoms with van der Waals surface area (Å²) in [5, 5.41) is 12.6. The van der Waals surface area contributed by atoms with E-state index in [2.05, 4.69) is 49.1 Å². The molecule has 2 heterocycles. The van der Waals surface area contributed by atoms with Crippen molar-refractivity contribution in [3.05, 3.63) is 48.0 Å². The number of hydrogen-bond acceptors (Lipinski definition) is 3. The molecule has 0 N–H and O–H groups in total. The van der Waals surface area contributed by atoms with Gasteiger partial charge in [-0.3, -0.25) is 0 Å². The van der Waals surface area contributed by atoms with Crippen LogP contribution >= 0.6 is 0 Å². The normalized spacial score (nSPS) is 11.8. The topological polar surface area (TPSA) is 42.5 Å². The summed E-state index contributed by atoms with van der Waals surface area (Å²) in [6.07, 6.45) is 5.60. The molecule has 94 valence electrons. The Kier molecular flexibility index (Phi) is 3.36. The highest BCUT2D eigenvalue weighted by Gasteiger charge is 2.34. The van der Waals surface area contributed by atoms with Crippen molar-refractivity contribution >= 4 is 0 Å². The average Bonchev–Trinajstić information content (AvgIpc) is 2.40. The SMILES string of the molecule is CC(C)c1cc[n+](C(C)(C)c2cccnn2)nc1. The summed E-state index contributed by atoms with van der Waals surface area (Å²) < 4.78 is 1.92. The summed E-state index contributed by atoms with van der Waals surface area (Å²) in [5.74, 6) is 0.492. The Bertz CT molecular complexity index is 503. The lowest BCUT2D eigenvalue weighted by molar-refractivity contribution is -0.800. The van der Waals surface area contributed by atoms with Gasteiger partial charge >= 0.3 is 0 Å². The van der Waals surface area contributed by atoms with Gasteiger partial charge in [-0.1, -0.05) is 18.5 Å². The lowest BCUT2D eigenvalue weighted by Gasteiger charge is -2.15. The molecule has 0 amide bonds. The van der Waals surface area contributed by atoms with Crippen molar-refractivity contribution in [2.75, 3.05) is 0 Å². The molecule has 0 unspecified atom stereocenters. The molecule has 2 aromatic rings. The Balaban J connectivity index is 2.36. The Morgan fingerprint density at radius 2 is 2.00 bits per heavy atom. The fourth-order valence-corrected chi connectivity index (χ4v) is 1.78. The van der Waals surface area contributed by atoms with Crippen LogP contribution in [0.2, 0.25) is 0 Å². The second kappa shape index (κ2) is 4.80. The molecule has 0 aliphatic carbocycles. The van der Waals surface area contributed by atoms with Crippen molar-refractivity contribution in [1.29, 1.82) is 0 Å². The summed E-state index contributed by atoms with van der Waals surface area (Å²) in [4.78, 5) is 0. The van der Waals surface area contributed by atoms with Crippen LogP contribution in [-0.2, 0) is 5.54 Å². The molecule has 4 nitrogen and oxygen atoms in total. The van der Waals surface area contributed by atoms with Crippen LogP contribution in [0.4, 0.5) is 0 Å². The molecule has 0 fully saturated rings. The van der Waals surface area contributed by atoms with Gasteiger partial charge < -0.3 is 0 Å². The van der Waals surface area contributed by atoms with Crippen LogP contribution in [0.3, 0.4) is 0 Å². The highest BCUT2D eigenvalue weighted by molar-refractivity contribution is 5.10. The van der Waals surface area contributed by atoms with E-state index in [1.54, 1.807) is 6.20 Å². The second-order valence-corrected chi connectivity index (χ2v) is 5.23. The van der Waals surface area contributed by atoms with E-state index < -0.39 is 0 Å². The molecule has 0 saturated carbocycles. The molecule has 2 rings (SSSR count). The average molecular weight is 243 g/mol. The second-order valence-electron chi connectivity index (χ2n) is 5.23. The molecule has 0 atom stereocenters. The smallest absolute Gasteiger partial charge is 0.159 e. The Hall–Kier alpha value is -1.84. The molecule has 18 heavy (non-hydrogen) atoms. The lowest BCUT2D eigenvalue weighted by Crippen LogP contribution is -2.55. The van der Waals surface area contributed by atoms with Gasteiger partial charge in [0, 0.05) is 26.1 Å².